The van der Waals surface area contributed by atoms with Crippen LogP contribution in [0.5, 0.6) is 0 Å². The summed E-state index contributed by atoms with van der Waals surface area (Å²) in [7, 11) is 1.64. The summed E-state index contributed by atoms with van der Waals surface area (Å²) in [5.74, 6) is 1.35. The van der Waals surface area contributed by atoms with Gasteiger partial charge in [0.05, 0.1) is 0 Å². The molecule has 2 amide bonds. The Labute approximate surface area is 181 Å². The highest BCUT2D eigenvalue weighted by atomic mass is 16.2. The molecule has 1 aliphatic carbocycles. The minimum Gasteiger partial charge on any atom is -0.355 e. The van der Waals surface area contributed by atoms with Crippen molar-refractivity contribution in [1.82, 2.24) is 10.6 Å². The van der Waals surface area contributed by atoms with E-state index in [1.165, 1.54) is 11.1 Å². The zero-order chi connectivity index (χ0) is 22.1. The van der Waals surface area contributed by atoms with Crippen molar-refractivity contribution in [2.24, 2.45) is 11.8 Å². The molecular weight excluding hydrogens is 372 g/mol. The van der Waals surface area contributed by atoms with Crippen LogP contribution in [0.1, 0.15) is 72.4 Å². The molecule has 0 aliphatic heterocycles. The van der Waals surface area contributed by atoms with Gasteiger partial charge in [-0.3, -0.25) is 9.59 Å². The minimum atomic E-state index is -0.0268. The van der Waals surface area contributed by atoms with Crippen LogP contribution in [0.15, 0.2) is 48.5 Å². The molecule has 1 aliphatic rings. The summed E-state index contributed by atoms with van der Waals surface area (Å²) >= 11 is 0. The number of carbonyl (C=O) groups is 2. The van der Waals surface area contributed by atoms with Gasteiger partial charge in [-0.15, -0.1) is 0 Å². The Bertz CT molecular complexity index is 804. The Morgan fingerprint density at radius 1 is 0.767 bits per heavy atom. The zero-order valence-corrected chi connectivity index (χ0v) is 19.0. The van der Waals surface area contributed by atoms with E-state index in [4.69, 9.17) is 0 Å². The number of hydrogen-bond donors (Lipinski definition) is 2. The van der Waals surface area contributed by atoms with Gasteiger partial charge < -0.3 is 10.6 Å². The molecule has 0 radical (unpaired) electrons. The lowest BCUT2D eigenvalue weighted by atomic mass is 10.0. The number of amides is 2. The van der Waals surface area contributed by atoms with E-state index < -0.39 is 0 Å². The Balaban J connectivity index is 0.000000216. The van der Waals surface area contributed by atoms with Gasteiger partial charge >= 0.3 is 0 Å². The van der Waals surface area contributed by atoms with E-state index in [9.17, 15) is 9.59 Å². The maximum Gasteiger partial charge on any atom is 0.251 e. The van der Waals surface area contributed by atoms with Crippen LogP contribution in [-0.2, 0) is 12.8 Å². The van der Waals surface area contributed by atoms with Crippen molar-refractivity contribution >= 4 is 11.8 Å². The Hall–Kier alpha value is -2.62. The minimum absolute atomic E-state index is 0.0268. The van der Waals surface area contributed by atoms with Crippen LogP contribution in [0.2, 0.25) is 0 Å². The maximum atomic E-state index is 11.7. The van der Waals surface area contributed by atoms with Crippen molar-refractivity contribution < 1.29 is 9.59 Å². The van der Waals surface area contributed by atoms with Gasteiger partial charge in [0, 0.05) is 24.2 Å². The van der Waals surface area contributed by atoms with E-state index in [0.717, 1.165) is 36.8 Å². The molecule has 0 atom stereocenters. The summed E-state index contributed by atoms with van der Waals surface area (Å²) in [5.41, 5.74) is 4.09. The molecule has 2 aromatic carbocycles. The quantitative estimate of drug-likeness (QED) is 0.676. The average molecular weight is 409 g/mol. The van der Waals surface area contributed by atoms with Crippen LogP contribution in [-0.4, -0.2) is 24.9 Å². The first-order valence-electron chi connectivity index (χ1n) is 11.0. The molecule has 0 heterocycles. The first-order valence-corrected chi connectivity index (χ1v) is 11.0. The second-order valence-electron chi connectivity index (χ2n) is 8.92. The van der Waals surface area contributed by atoms with Crippen molar-refractivity contribution in [3.63, 3.8) is 0 Å². The molecule has 2 N–H and O–H groups in total. The predicted octanol–water partition coefficient (Wildman–Crippen LogP) is 5.02. The third kappa shape index (κ3) is 8.40. The molecule has 2 aromatic rings. The van der Waals surface area contributed by atoms with Crippen LogP contribution in [0.3, 0.4) is 0 Å². The van der Waals surface area contributed by atoms with Gasteiger partial charge in [0.15, 0.2) is 0 Å². The lowest BCUT2D eigenvalue weighted by Crippen LogP contribution is -2.25. The van der Waals surface area contributed by atoms with Crippen LogP contribution >= 0.6 is 0 Å². The third-order valence-corrected chi connectivity index (χ3v) is 4.86. The Kier molecular flexibility index (Phi) is 9.10. The fourth-order valence-corrected chi connectivity index (χ4v) is 3.17. The summed E-state index contributed by atoms with van der Waals surface area (Å²) in [4.78, 5) is 23.0. The molecule has 1 fully saturated rings. The van der Waals surface area contributed by atoms with Crippen molar-refractivity contribution in [3.05, 3.63) is 70.8 Å². The molecule has 162 valence electrons. The van der Waals surface area contributed by atoms with Gasteiger partial charge in [-0.1, -0.05) is 52.0 Å². The Morgan fingerprint density at radius 2 is 1.17 bits per heavy atom. The van der Waals surface area contributed by atoms with Crippen LogP contribution in [0.25, 0.3) is 0 Å². The number of nitrogens with one attached hydrogen (secondary N) is 2. The lowest BCUT2D eigenvalue weighted by molar-refractivity contribution is 0.0947. The Morgan fingerprint density at radius 3 is 1.50 bits per heavy atom. The SMILES string of the molecule is CC(C)Cc1ccc(C(=O)NC2CC2)cc1.CNC(=O)c1ccc(CC(C)C)cc1. The normalized spacial score (nSPS) is 12.9. The van der Waals surface area contributed by atoms with Crippen molar-refractivity contribution in [3.8, 4) is 0 Å². The van der Waals surface area contributed by atoms with Gasteiger partial charge in [-0.25, -0.2) is 0 Å². The predicted molar refractivity (Wildman–Crippen MR) is 124 cm³/mol. The van der Waals surface area contributed by atoms with E-state index in [1.807, 2.05) is 36.4 Å². The van der Waals surface area contributed by atoms with E-state index in [1.54, 1.807) is 7.05 Å². The molecule has 0 bridgehead atoms. The molecule has 0 spiro atoms. The number of benzene rings is 2. The second kappa shape index (κ2) is 11.5. The molecule has 4 nitrogen and oxygen atoms in total. The molecule has 4 heteroatoms. The summed E-state index contributed by atoms with van der Waals surface area (Å²) < 4.78 is 0. The zero-order valence-electron chi connectivity index (χ0n) is 19.0. The molecule has 0 aromatic heterocycles. The molecule has 0 unspecified atom stereocenters. The number of carbonyl (C=O) groups excluding carboxylic acids is 2. The fourth-order valence-electron chi connectivity index (χ4n) is 3.17. The van der Waals surface area contributed by atoms with Crippen LogP contribution in [0, 0.1) is 11.8 Å². The van der Waals surface area contributed by atoms with E-state index in [0.29, 0.717) is 17.9 Å². The van der Waals surface area contributed by atoms with E-state index >= 15 is 0 Å². The molecule has 3 rings (SSSR count). The van der Waals surface area contributed by atoms with Crippen LogP contribution in [0.4, 0.5) is 0 Å². The molecule has 30 heavy (non-hydrogen) atoms. The summed E-state index contributed by atoms with van der Waals surface area (Å²) in [6.07, 6.45) is 4.41. The van der Waals surface area contributed by atoms with Gasteiger partial charge in [-0.2, -0.15) is 0 Å². The number of rotatable bonds is 7. The van der Waals surface area contributed by atoms with Gasteiger partial charge in [0.2, 0.25) is 0 Å². The second-order valence-corrected chi connectivity index (χ2v) is 8.92. The highest BCUT2D eigenvalue weighted by molar-refractivity contribution is 5.94. The third-order valence-electron chi connectivity index (χ3n) is 4.86. The highest BCUT2D eigenvalue weighted by Gasteiger charge is 2.23. The van der Waals surface area contributed by atoms with Crippen molar-refractivity contribution in [2.45, 2.75) is 59.4 Å². The fraction of sp³-hybridized carbons (Fsp3) is 0.462. The summed E-state index contributed by atoms with van der Waals surface area (Å²) in [6.45, 7) is 8.78. The van der Waals surface area contributed by atoms with E-state index in [2.05, 4.69) is 50.5 Å². The smallest absolute Gasteiger partial charge is 0.251 e. The molecule has 1 saturated carbocycles. The number of hydrogen-bond acceptors (Lipinski definition) is 2. The topological polar surface area (TPSA) is 58.2 Å². The van der Waals surface area contributed by atoms with E-state index in [-0.39, 0.29) is 11.8 Å². The largest absolute Gasteiger partial charge is 0.355 e. The molecular formula is C26H36N2O2. The van der Waals surface area contributed by atoms with Gasteiger partial charge in [0.1, 0.15) is 0 Å². The first kappa shape index (κ1) is 23.7. The standard InChI is InChI=1S/C14H19NO.C12H17NO/c1-10(2)9-11-3-5-12(6-4-11)14(16)15-13-7-8-13;1-9(2)8-10-4-6-11(7-5-10)12(14)13-3/h3-6,10,13H,7-9H2,1-2H3,(H,15,16);4-7,9H,8H2,1-3H3,(H,13,14). The highest BCUT2D eigenvalue weighted by Crippen LogP contribution is 2.19. The van der Waals surface area contributed by atoms with Crippen LogP contribution < -0.4 is 10.6 Å². The van der Waals surface area contributed by atoms with Gasteiger partial charge in [0.25, 0.3) is 11.8 Å². The average Bonchev–Trinajstić information content (AvgIpc) is 3.52. The van der Waals surface area contributed by atoms with Crippen molar-refractivity contribution in [1.29, 1.82) is 0 Å². The van der Waals surface area contributed by atoms with Crippen molar-refractivity contribution in [2.75, 3.05) is 7.05 Å². The summed E-state index contributed by atoms with van der Waals surface area (Å²) in [5, 5.41) is 5.59. The molecule has 0 saturated heterocycles. The monoisotopic (exact) mass is 408 g/mol. The lowest BCUT2D eigenvalue weighted by Gasteiger charge is -2.06. The summed E-state index contributed by atoms with van der Waals surface area (Å²) in [6, 6.07) is 16.2. The maximum absolute atomic E-state index is 11.7. The van der Waals surface area contributed by atoms with Gasteiger partial charge in [-0.05, 0) is 72.9 Å². The first-order chi connectivity index (χ1) is 14.3.